The monoisotopic (exact) mass is 571 g/mol. The topological polar surface area (TPSA) is 69.2 Å². The second-order valence-corrected chi connectivity index (χ2v) is 8.78. The molecule has 1 atom stereocenters. The molecule has 1 aliphatic heterocycles. The maximum absolute atomic E-state index is 11.7. The van der Waals surface area contributed by atoms with Crippen LogP contribution in [0, 0.1) is 0 Å². The Hall–Kier alpha value is -1.85. The quantitative estimate of drug-likeness (QED) is 0.275. The van der Waals surface area contributed by atoms with E-state index in [1.54, 1.807) is 21.1 Å². The highest BCUT2D eigenvalue weighted by Crippen LogP contribution is 2.27. The number of rotatable bonds is 9. The standard InChI is InChI=1S/C23H33N5O2S.HI/c1-24-23(26-16-20(21-10-7-13-31-21)28-11-4-5-12-28)25-15-18-8-6-9-19(14-18)30-17-22(29)27(2)3;/h6-10,13-14,20H,4-5,11-12,15-17H2,1-3H3,(H2,24,25,26);1H. The first-order valence-electron chi connectivity index (χ1n) is 10.7. The number of aliphatic imine (C=N–C) groups is 1. The summed E-state index contributed by atoms with van der Waals surface area (Å²) >= 11 is 1.81. The van der Waals surface area contributed by atoms with Gasteiger partial charge in [-0.15, -0.1) is 35.3 Å². The highest BCUT2D eigenvalue weighted by Gasteiger charge is 2.24. The molecule has 0 radical (unpaired) electrons. The predicted molar refractivity (Wildman–Crippen MR) is 142 cm³/mol. The molecule has 2 heterocycles. The van der Waals surface area contributed by atoms with Crippen molar-refractivity contribution in [3.63, 3.8) is 0 Å². The Balaban J connectivity index is 0.00000363. The summed E-state index contributed by atoms with van der Waals surface area (Å²) in [6, 6.07) is 12.5. The number of carbonyl (C=O) groups is 1. The van der Waals surface area contributed by atoms with E-state index in [0.29, 0.717) is 18.3 Å². The second kappa shape index (κ2) is 13.6. The number of likely N-dealkylation sites (N-methyl/N-ethyl adjacent to an activating group) is 1. The molecule has 2 N–H and O–H groups in total. The van der Waals surface area contributed by atoms with E-state index in [4.69, 9.17) is 4.74 Å². The molecule has 1 amide bonds. The third-order valence-electron chi connectivity index (χ3n) is 5.36. The number of thiophene rings is 1. The molecule has 176 valence electrons. The van der Waals surface area contributed by atoms with Crippen molar-refractivity contribution in [1.82, 2.24) is 20.4 Å². The first-order chi connectivity index (χ1) is 15.1. The van der Waals surface area contributed by atoms with Crippen molar-refractivity contribution in [3.8, 4) is 5.75 Å². The average Bonchev–Trinajstić information content (AvgIpc) is 3.49. The predicted octanol–water partition coefficient (Wildman–Crippen LogP) is 3.34. The fraction of sp³-hybridized carbons (Fsp3) is 0.478. The van der Waals surface area contributed by atoms with Gasteiger partial charge in [-0.1, -0.05) is 18.2 Å². The summed E-state index contributed by atoms with van der Waals surface area (Å²) in [5.74, 6) is 1.39. The lowest BCUT2D eigenvalue weighted by atomic mass is 10.2. The minimum absolute atomic E-state index is 0. The Morgan fingerprint density at radius 2 is 2.00 bits per heavy atom. The van der Waals surface area contributed by atoms with Crippen LogP contribution in [0.25, 0.3) is 0 Å². The summed E-state index contributed by atoms with van der Waals surface area (Å²) in [6.07, 6.45) is 2.54. The van der Waals surface area contributed by atoms with Crippen molar-refractivity contribution >= 4 is 47.2 Å². The molecule has 0 bridgehead atoms. The number of amides is 1. The van der Waals surface area contributed by atoms with Gasteiger partial charge in [-0.25, -0.2) is 0 Å². The lowest BCUT2D eigenvalue weighted by Crippen LogP contribution is -2.42. The number of hydrogen-bond acceptors (Lipinski definition) is 5. The number of benzene rings is 1. The molecule has 1 aromatic carbocycles. The Kier molecular flexibility index (Phi) is 11.3. The number of ether oxygens (including phenoxy) is 1. The zero-order valence-electron chi connectivity index (χ0n) is 19.0. The van der Waals surface area contributed by atoms with Crippen molar-refractivity contribution in [3.05, 3.63) is 52.2 Å². The fourth-order valence-corrected chi connectivity index (χ4v) is 4.42. The molecular formula is C23H34IN5O2S. The summed E-state index contributed by atoms with van der Waals surface area (Å²) in [7, 11) is 5.23. The first-order valence-corrected chi connectivity index (χ1v) is 11.6. The normalized spacial score (nSPS) is 15.0. The molecule has 0 spiro atoms. The Labute approximate surface area is 212 Å². The van der Waals surface area contributed by atoms with E-state index in [1.807, 2.05) is 35.6 Å². The van der Waals surface area contributed by atoms with Crippen LogP contribution in [0.4, 0.5) is 0 Å². The zero-order chi connectivity index (χ0) is 22.1. The molecular weight excluding hydrogens is 537 g/mol. The number of nitrogens with one attached hydrogen (secondary N) is 2. The lowest BCUT2D eigenvalue weighted by molar-refractivity contribution is -0.130. The molecule has 1 aromatic heterocycles. The molecule has 1 fully saturated rings. The van der Waals surface area contributed by atoms with Crippen LogP contribution < -0.4 is 15.4 Å². The highest BCUT2D eigenvalue weighted by molar-refractivity contribution is 14.0. The minimum Gasteiger partial charge on any atom is -0.484 e. The van der Waals surface area contributed by atoms with Crippen molar-refractivity contribution in [1.29, 1.82) is 0 Å². The van der Waals surface area contributed by atoms with Crippen LogP contribution in [-0.2, 0) is 11.3 Å². The molecule has 0 aliphatic carbocycles. The fourth-order valence-electron chi connectivity index (χ4n) is 3.56. The van der Waals surface area contributed by atoms with Crippen LogP contribution in [0.2, 0.25) is 0 Å². The van der Waals surface area contributed by atoms with Gasteiger partial charge in [-0.2, -0.15) is 0 Å². The van der Waals surface area contributed by atoms with E-state index in [2.05, 4.69) is 38.0 Å². The van der Waals surface area contributed by atoms with E-state index in [9.17, 15) is 4.79 Å². The summed E-state index contributed by atoms with van der Waals surface area (Å²) in [4.78, 5) is 21.6. The van der Waals surface area contributed by atoms with Crippen LogP contribution in [0.5, 0.6) is 5.75 Å². The van der Waals surface area contributed by atoms with Crippen LogP contribution in [-0.4, -0.2) is 69.1 Å². The van der Waals surface area contributed by atoms with Gasteiger partial charge in [0, 0.05) is 39.1 Å². The van der Waals surface area contributed by atoms with E-state index in [1.165, 1.54) is 22.6 Å². The van der Waals surface area contributed by atoms with Gasteiger partial charge in [0.15, 0.2) is 12.6 Å². The number of guanidine groups is 1. The number of likely N-dealkylation sites (tertiary alicyclic amines) is 1. The van der Waals surface area contributed by atoms with Crippen LogP contribution >= 0.6 is 35.3 Å². The lowest BCUT2D eigenvalue weighted by Gasteiger charge is -2.27. The maximum Gasteiger partial charge on any atom is 0.259 e. The molecule has 1 unspecified atom stereocenters. The number of halogens is 1. The van der Waals surface area contributed by atoms with Crippen LogP contribution in [0.15, 0.2) is 46.8 Å². The SMILES string of the molecule is CN=C(NCc1cccc(OCC(=O)N(C)C)c1)NCC(c1cccs1)N1CCCC1.I. The van der Waals surface area contributed by atoms with E-state index in [-0.39, 0.29) is 36.5 Å². The van der Waals surface area contributed by atoms with Gasteiger partial charge in [0.1, 0.15) is 5.75 Å². The number of carbonyl (C=O) groups excluding carboxylic acids is 1. The Bertz CT molecular complexity index is 854. The third kappa shape index (κ3) is 7.93. The highest BCUT2D eigenvalue weighted by atomic mass is 127. The van der Waals surface area contributed by atoms with Gasteiger partial charge in [0.25, 0.3) is 5.91 Å². The summed E-state index contributed by atoms with van der Waals surface area (Å²) in [6.45, 7) is 3.77. The summed E-state index contributed by atoms with van der Waals surface area (Å²) < 4.78 is 5.61. The van der Waals surface area contributed by atoms with E-state index in [0.717, 1.165) is 31.2 Å². The van der Waals surface area contributed by atoms with Crippen molar-refractivity contribution in [2.75, 3.05) is 47.4 Å². The summed E-state index contributed by atoms with van der Waals surface area (Å²) in [5.41, 5.74) is 1.06. The van der Waals surface area contributed by atoms with Crippen LogP contribution in [0.3, 0.4) is 0 Å². The van der Waals surface area contributed by atoms with Crippen molar-refractivity contribution < 1.29 is 9.53 Å². The molecule has 0 saturated carbocycles. The first kappa shape index (κ1) is 26.4. The average molecular weight is 572 g/mol. The Morgan fingerprint density at radius 3 is 2.66 bits per heavy atom. The van der Waals surface area contributed by atoms with Crippen molar-refractivity contribution in [2.45, 2.75) is 25.4 Å². The van der Waals surface area contributed by atoms with E-state index < -0.39 is 0 Å². The second-order valence-electron chi connectivity index (χ2n) is 7.81. The van der Waals surface area contributed by atoms with Crippen molar-refractivity contribution in [2.24, 2.45) is 4.99 Å². The van der Waals surface area contributed by atoms with Crippen LogP contribution in [0.1, 0.15) is 29.3 Å². The zero-order valence-corrected chi connectivity index (χ0v) is 22.2. The molecule has 32 heavy (non-hydrogen) atoms. The van der Waals surface area contributed by atoms with Gasteiger partial charge in [-0.05, 0) is 55.1 Å². The van der Waals surface area contributed by atoms with Gasteiger partial charge in [0.2, 0.25) is 0 Å². The molecule has 9 heteroatoms. The number of hydrogen-bond donors (Lipinski definition) is 2. The number of nitrogens with zero attached hydrogens (tertiary/aromatic N) is 3. The van der Waals surface area contributed by atoms with Gasteiger partial charge in [0.05, 0.1) is 6.04 Å². The van der Waals surface area contributed by atoms with Gasteiger partial charge < -0.3 is 20.3 Å². The maximum atomic E-state index is 11.7. The molecule has 3 rings (SSSR count). The smallest absolute Gasteiger partial charge is 0.259 e. The summed E-state index contributed by atoms with van der Waals surface area (Å²) in [5, 5.41) is 9.02. The Morgan fingerprint density at radius 1 is 1.22 bits per heavy atom. The van der Waals surface area contributed by atoms with E-state index >= 15 is 0 Å². The molecule has 7 nitrogen and oxygen atoms in total. The molecule has 1 aliphatic rings. The van der Waals surface area contributed by atoms with Gasteiger partial charge in [-0.3, -0.25) is 14.7 Å². The molecule has 1 saturated heterocycles. The largest absolute Gasteiger partial charge is 0.484 e. The van der Waals surface area contributed by atoms with Gasteiger partial charge >= 0.3 is 0 Å². The minimum atomic E-state index is -0.0635. The third-order valence-corrected chi connectivity index (χ3v) is 6.33. The molecule has 2 aromatic rings.